The van der Waals surface area contributed by atoms with Gasteiger partial charge in [-0.15, -0.1) is 0 Å². The van der Waals surface area contributed by atoms with Crippen LogP contribution >= 0.6 is 0 Å². The zero-order valence-electron chi connectivity index (χ0n) is 16.7. The summed E-state index contributed by atoms with van der Waals surface area (Å²) >= 11 is 0. The van der Waals surface area contributed by atoms with Crippen LogP contribution in [0.25, 0.3) is 5.69 Å². The van der Waals surface area contributed by atoms with Crippen molar-refractivity contribution in [2.45, 2.75) is 26.8 Å². The minimum absolute atomic E-state index is 0.121. The van der Waals surface area contributed by atoms with Crippen LogP contribution in [0.4, 0.5) is 10.2 Å². The number of halogens is 1. The van der Waals surface area contributed by atoms with E-state index in [-0.39, 0.29) is 24.3 Å². The lowest BCUT2D eigenvalue weighted by Crippen LogP contribution is -2.86. The molecule has 1 amide bonds. The summed E-state index contributed by atoms with van der Waals surface area (Å²) in [5.74, 6) is -0.229. The maximum absolute atomic E-state index is 13.8. The molecule has 0 radical (unpaired) electrons. The highest BCUT2D eigenvalue weighted by Crippen LogP contribution is 2.30. The quantitative estimate of drug-likeness (QED) is 0.676. The third kappa shape index (κ3) is 4.36. The van der Waals surface area contributed by atoms with Crippen molar-refractivity contribution in [2.24, 2.45) is 0 Å². The van der Waals surface area contributed by atoms with Crippen LogP contribution in [0, 0.1) is 31.0 Å². The highest BCUT2D eigenvalue weighted by Gasteiger charge is 2.22. The number of benzene rings is 2. The first-order valence-electron chi connectivity index (χ1n) is 9.48. The summed E-state index contributed by atoms with van der Waals surface area (Å²) in [6.45, 7) is 5.91. The Bertz CT molecular complexity index is 1070. The number of nitrogens with one attached hydrogen (secondary N) is 1. The van der Waals surface area contributed by atoms with Gasteiger partial charge in [0.15, 0.2) is 6.54 Å². The lowest BCUT2D eigenvalue weighted by Gasteiger charge is -2.14. The summed E-state index contributed by atoms with van der Waals surface area (Å²) in [4.78, 5) is 12.6. The van der Waals surface area contributed by atoms with Crippen LogP contribution in [-0.2, 0) is 4.79 Å². The summed E-state index contributed by atoms with van der Waals surface area (Å²) in [6.07, 6.45) is 0. The van der Waals surface area contributed by atoms with Gasteiger partial charge in [-0.2, -0.15) is 5.26 Å². The van der Waals surface area contributed by atoms with E-state index in [0.717, 1.165) is 16.8 Å². The molecule has 29 heavy (non-hydrogen) atoms. The van der Waals surface area contributed by atoms with Crippen LogP contribution in [0.1, 0.15) is 35.3 Å². The van der Waals surface area contributed by atoms with E-state index >= 15 is 0 Å². The van der Waals surface area contributed by atoms with E-state index < -0.39 is 0 Å². The first-order chi connectivity index (χ1) is 13.9. The number of aromatic nitrogens is 1. The Morgan fingerprint density at radius 1 is 1.21 bits per heavy atom. The molecule has 148 valence electrons. The van der Waals surface area contributed by atoms with E-state index in [9.17, 15) is 14.4 Å². The van der Waals surface area contributed by atoms with Crippen LogP contribution in [-0.4, -0.2) is 17.0 Å². The normalized spacial score (nSPS) is 11.7. The zero-order chi connectivity index (χ0) is 21.0. The second kappa shape index (κ2) is 8.72. The number of nitriles is 1. The molecular weight excluding hydrogens is 367 g/mol. The third-order valence-corrected chi connectivity index (χ3v) is 5.13. The predicted molar refractivity (Wildman–Crippen MR) is 110 cm³/mol. The number of amides is 1. The molecular formula is C23H24FN4O+. The first-order valence-corrected chi connectivity index (χ1v) is 9.48. The topological polar surface area (TPSA) is 74.4 Å². The van der Waals surface area contributed by atoms with Gasteiger partial charge in [-0.1, -0.05) is 36.4 Å². The van der Waals surface area contributed by atoms with Crippen molar-refractivity contribution in [3.05, 3.63) is 82.8 Å². The average molecular weight is 391 g/mol. The van der Waals surface area contributed by atoms with Crippen molar-refractivity contribution < 1.29 is 14.5 Å². The molecule has 3 aromatic rings. The molecule has 5 nitrogen and oxygen atoms in total. The van der Waals surface area contributed by atoms with E-state index in [4.69, 9.17) is 0 Å². The number of hydrogen-bond donors (Lipinski definition) is 2. The van der Waals surface area contributed by atoms with E-state index in [1.807, 2.05) is 56.4 Å². The number of nitrogens with zero attached hydrogens (tertiary/aromatic N) is 2. The van der Waals surface area contributed by atoms with E-state index in [0.29, 0.717) is 17.1 Å². The number of hydrogen-bond acceptors (Lipinski definition) is 2. The van der Waals surface area contributed by atoms with Crippen LogP contribution in [0.3, 0.4) is 0 Å². The molecule has 0 aliphatic carbocycles. The molecule has 0 saturated heterocycles. The van der Waals surface area contributed by atoms with Gasteiger partial charge in [-0.05, 0) is 44.5 Å². The summed E-state index contributed by atoms with van der Waals surface area (Å²) in [5.41, 5.74) is 3.62. The van der Waals surface area contributed by atoms with Crippen LogP contribution in [0.2, 0.25) is 0 Å². The maximum atomic E-state index is 13.8. The maximum Gasteiger partial charge on any atom is 0.280 e. The summed E-state index contributed by atoms with van der Waals surface area (Å²) < 4.78 is 15.5. The average Bonchev–Trinajstić information content (AvgIpc) is 2.96. The fourth-order valence-electron chi connectivity index (χ4n) is 3.36. The van der Waals surface area contributed by atoms with Gasteiger partial charge in [-0.3, -0.25) is 9.36 Å². The van der Waals surface area contributed by atoms with Gasteiger partial charge in [0.25, 0.3) is 5.91 Å². The van der Waals surface area contributed by atoms with Crippen molar-refractivity contribution in [3.8, 4) is 11.8 Å². The molecule has 0 spiro atoms. The molecule has 3 N–H and O–H groups in total. The minimum Gasteiger partial charge on any atom is -0.333 e. The summed E-state index contributed by atoms with van der Waals surface area (Å²) in [7, 11) is 0. The standard InChI is InChI=1S/C23H23FN4O/c1-15-17(3)28(20-11-7-10-19(24)12-20)23(21(15)13-25)27-22(29)14-26-16(2)18-8-5-4-6-9-18/h4-12,16,26H,14H2,1-3H3,(H,27,29)/p+1/t16-/m0/s1. The van der Waals surface area contributed by atoms with Crippen LogP contribution in [0.5, 0.6) is 0 Å². The van der Waals surface area contributed by atoms with Gasteiger partial charge in [-0.25, -0.2) is 4.39 Å². The fraction of sp³-hybridized carbons (Fsp3) is 0.217. The molecule has 0 aliphatic heterocycles. The second-order valence-electron chi connectivity index (χ2n) is 7.05. The molecule has 3 rings (SSSR count). The molecule has 1 aromatic heterocycles. The first kappa shape index (κ1) is 20.3. The van der Waals surface area contributed by atoms with Crippen molar-refractivity contribution in [1.29, 1.82) is 5.26 Å². The monoisotopic (exact) mass is 391 g/mol. The molecule has 0 fully saturated rings. The predicted octanol–water partition coefficient (Wildman–Crippen LogP) is 3.37. The van der Waals surface area contributed by atoms with E-state index in [1.54, 1.807) is 16.7 Å². The largest absolute Gasteiger partial charge is 0.333 e. The smallest absolute Gasteiger partial charge is 0.280 e. The van der Waals surface area contributed by atoms with Gasteiger partial charge in [0.1, 0.15) is 23.7 Å². The van der Waals surface area contributed by atoms with Crippen molar-refractivity contribution >= 4 is 11.7 Å². The number of quaternary nitrogens is 1. The molecule has 0 aliphatic rings. The number of carbonyl (C=O) groups is 1. The third-order valence-electron chi connectivity index (χ3n) is 5.13. The Hall–Kier alpha value is -3.43. The Balaban J connectivity index is 1.84. The van der Waals surface area contributed by atoms with E-state index in [2.05, 4.69) is 11.4 Å². The highest BCUT2D eigenvalue weighted by molar-refractivity contribution is 5.93. The van der Waals surface area contributed by atoms with Crippen molar-refractivity contribution in [2.75, 3.05) is 11.9 Å². The Morgan fingerprint density at radius 2 is 1.93 bits per heavy atom. The lowest BCUT2D eigenvalue weighted by molar-refractivity contribution is -0.682. The molecule has 1 heterocycles. The Morgan fingerprint density at radius 3 is 2.59 bits per heavy atom. The SMILES string of the molecule is Cc1c(C#N)c(NC(=O)C[NH2+][C@@H](C)c2ccccc2)n(-c2cccc(F)c2)c1C. The molecule has 6 heteroatoms. The molecule has 0 bridgehead atoms. The summed E-state index contributed by atoms with van der Waals surface area (Å²) in [6, 6.07) is 18.3. The Labute approximate surface area is 169 Å². The Kier molecular flexibility index (Phi) is 6.10. The molecule has 1 atom stereocenters. The zero-order valence-corrected chi connectivity index (χ0v) is 16.7. The summed E-state index contributed by atoms with van der Waals surface area (Å²) in [5, 5.41) is 14.4. The number of carbonyl (C=O) groups excluding carboxylic acids is 1. The number of anilines is 1. The van der Waals surface area contributed by atoms with E-state index in [1.165, 1.54) is 12.1 Å². The van der Waals surface area contributed by atoms with Gasteiger partial charge in [0, 0.05) is 11.3 Å². The molecule has 2 aromatic carbocycles. The van der Waals surface area contributed by atoms with Crippen LogP contribution in [0.15, 0.2) is 54.6 Å². The minimum atomic E-state index is -0.381. The number of nitrogens with two attached hydrogens (primary N) is 1. The second-order valence-corrected chi connectivity index (χ2v) is 7.05. The van der Waals surface area contributed by atoms with Gasteiger partial charge in [0.2, 0.25) is 0 Å². The van der Waals surface area contributed by atoms with Gasteiger partial charge < -0.3 is 10.6 Å². The highest BCUT2D eigenvalue weighted by atomic mass is 19.1. The van der Waals surface area contributed by atoms with Gasteiger partial charge in [0.05, 0.1) is 11.3 Å². The van der Waals surface area contributed by atoms with Crippen molar-refractivity contribution in [1.82, 2.24) is 4.57 Å². The molecule has 0 unspecified atom stereocenters. The molecule has 0 saturated carbocycles. The van der Waals surface area contributed by atoms with Crippen molar-refractivity contribution in [3.63, 3.8) is 0 Å². The lowest BCUT2D eigenvalue weighted by atomic mass is 10.1. The number of rotatable bonds is 6. The fourth-order valence-corrected chi connectivity index (χ4v) is 3.36. The van der Waals surface area contributed by atoms with Crippen LogP contribution < -0.4 is 10.6 Å². The van der Waals surface area contributed by atoms with Gasteiger partial charge >= 0.3 is 0 Å².